The van der Waals surface area contributed by atoms with Crippen LogP contribution in [0.25, 0.3) is 0 Å². The van der Waals surface area contributed by atoms with Gasteiger partial charge in [0.1, 0.15) is 12.6 Å². The van der Waals surface area contributed by atoms with Crippen molar-refractivity contribution in [2.75, 3.05) is 10.8 Å². The first-order valence-electron chi connectivity index (χ1n) is 12.3. The van der Waals surface area contributed by atoms with E-state index < -0.39 is 28.5 Å². The molecule has 0 unspecified atom stereocenters. The molecule has 3 rings (SSSR count). The van der Waals surface area contributed by atoms with Crippen LogP contribution in [0.1, 0.15) is 32.8 Å². The van der Waals surface area contributed by atoms with Crippen molar-refractivity contribution in [2.45, 2.75) is 50.7 Å². The molecule has 2 amide bonds. The SMILES string of the molecule is CC[C@H](C)NC(=O)[C@H](C)N(Cc1c(Cl)cccc1Cl)C(=O)CN(c1ccccc1)S(=O)(=O)c1ccc(Cl)cc1. The Bertz CT molecular complexity index is 1380. The van der Waals surface area contributed by atoms with E-state index in [1.165, 1.54) is 29.2 Å². The normalized spacial score (nSPS) is 12.9. The van der Waals surface area contributed by atoms with E-state index in [2.05, 4.69) is 5.32 Å². The van der Waals surface area contributed by atoms with Crippen LogP contribution in [0.15, 0.2) is 77.7 Å². The van der Waals surface area contributed by atoms with Gasteiger partial charge in [-0.25, -0.2) is 8.42 Å². The van der Waals surface area contributed by atoms with Gasteiger partial charge in [-0.05, 0) is 68.8 Å². The highest BCUT2D eigenvalue weighted by atomic mass is 35.5. The summed E-state index contributed by atoms with van der Waals surface area (Å²) in [4.78, 5) is 28.3. The van der Waals surface area contributed by atoms with Gasteiger partial charge in [-0.2, -0.15) is 0 Å². The van der Waals surface area contributed by atoms with Crippen molar-refractivity contribution in [3.8, 4) is 0 Å². The third-order valence-corrected chi connectivity index (χ3v) is 9.03. The standard InChI is InChI=1S/C28H30Cl3N3O4S/c1-4-19(2)32-28(36)20(3)33(17-24-25(30)11-8-12-26(24)31)27(35)18-34(22-9-6-5-7-10-22)39(37,38)23-15-13-21(29)14-16-23/h5-16,19-20H,4,17-18H2,1-3H3,(H,32,36)/t19-,20-/m0/s1. The van der Waals surface area contributed by atoms with Gasteiger partial charge in [0.05, 0.1) is 10.6 Å². The summed E-state index contributed by atoms with van der Waals surface area (Å²) in [5.74, 6) is -0.994. The van der Waals surface area contributed by atoms with Crippen LogP contribution >= 0.6 is 34.8 Å². The quantitative estimate of drug-likeness (QED) is 0.281. The molecule has 11 heteroatoms. The number of hydrogen-bond acceptors (Lipinski definition) is 4. The molecule has 0 aliphatic rings. The van der Waals surface area contributed by atoms with Gasteiger partial charge in [-0.3, -0.25) is 13.9 Å². The second kappa shape index (κ2) is 13.5. The lowest BCUT2D eigenvalue weighted by Crippen LogP contribution is -2.52. The zero-order chi connectivity index (χ0) is 28.7. The number of halogens is 3. The maximum Gasteiger partial charge on any atom is 0.264 e. The fraction of sp³-hybridized carbons (Fsp3) is 0.286. The van der Waals surface area contributed by atoms with Crippen LogP contribution in [0, 0.1) is 0 Å². The molecule has 0 radical (unpaired) electrons. The highest BCUT2D eigenvalue weighted by molar-refractivity contribution is 7.92. The minimum absolute atomic E-state index is 0.0354. The monoisotopic (exact) mass is 609 g/mol. The van der Waals surface area contributed by atoms with Gasteiger partial charge in [-0.15, -0.1) is 0 Å². The van der Waals surface area contributed by atoms with E-state index >= 15 is 0 Å². The van der Waals surface area contributed by atoms with Crippen LogP contribution in [0.5, 0.6) is 0 Å². The summed E-state index contributed by atoms with van der Waals surface area (Å²) in [6, 6.07) is 17.8. The molecule has 3 aromatic carbocycles. The van der Waals surface area contributed by atoms with Gasteiger partial charge >= 0.3 is 0 Å². The van der Waals surface area contributed by atoms with Crippen molar-refractivity contribution >= 4 is 62.3 Å². The van der Waals surface area contributed by atoms with E-state index in [4.69, 9.17) is 34.8 Å². The number of para-hydroxylation sites is 1. The fourth-order valence-corrected chi connectivity index (χ4v) is 5.82. The number of anilines is 1. The summed E-state index contributed by atoms with van der Waals surface area (Å²) < 4.78 is 28.5. The summed E-state index contributed by atoms with van der Waals surface area (Å²) >= 11 is 18.8. The van der Waals surface area contributed by atoms with Crippen molar-refractivity contribution in [1.29, 1.82) is 0 Å². The molecule has 208 valence electrons. The van der Waals surface area contributed by atoms with E-state index in [9.17, 15) is 18.0 Å². The Morgan fingerprint density at radius 2 is 1.46 bits per heavy atom. The van der Waals surface area contributed by atoms with Crippen molar-refractivity contribution < 1.29 is 18.0 Å². The number of benzene rings is 3. The number of sulfonamides is 1. The van der Waals surface area contributed by atoms with E-state index in [1.807, 2.05) is 13.8 Å². The molecule has 0 aromatic heterocycles. The molecule has 0 aliphatic carbocycles. The predicted octanol–water partition coefficient (Wildman–Crippen LogP) is 6.17. The topological polar surface area (TPSA) is 86.8 Å². The summed E-state index contributed by atoms with van der Waals surface area (Å²) in [6.45, 7) is 4.70. The first-order chi connectivity index (χ1) is 18.4. The molecule has 0 heterocycles. The molecule has 0 fully saturated rings. The number of amides is 2. The summed E-state index contributed by atoms with van der Waals surface area (Å²) in [6.07, 6.45) is 0.698. The average Bonchev–Trinajstić information content (AvgIpc) is 2.91. The van der Waals surface area contributed by atoms with Crippen molar-refractivity contribution in [1.82, 2.24) is 10.2 Å². The second-order valence-corrected chi connectivity index (χ2v) is 12.1. The van der Waals surface area contributed by atoms with Crippen LogP contribution in [-0.2, 0) is 26.2 Å². The molecular weight excluding hydrogens is 581 g/mol. The summed E-state index contributed by atoms with van der Waals surface area (Å²) in [5, 5.41) is 3.90. The molecule has 0 bridgehead atoms. The first-order valence-corrected chi connectivity index (χ1v) is 14.9. The smallest absolute Gasteiger partial charge is 0.264 e. The van der Waals surface area contributed by atoms with Crippen LogP contribution in [-0.4, -0.2) is 43.8 Å². The molecule has 0 saturated carbocycles. The summed E-state index contributed by atoms with van der Waals surface area (Å²) in [7, 11) is -4.18. The number of nitrogens with one attached hydrogen (secondary N) is 1. The molecule has 0 spiro atoms. The highest BCUT2D eigenvalue weighted by Crippen LogP contribution is 2.28. The lowest BCUT2D eigenvalue weighted by atomic mass is 10.1. The Morgan fingerprint density at radius 3 is 2.03 bits per heavy atom. The van der Waals surface area contributed by atoms with Gasteiger partial charge in [0.25, 0.3) is 10.0 Å². The van der Waals surface area contributed by atoms with Gasteiger partial charge in [-0.1, -0.05) is 66.0 Å². The number of rotatable bonds is 11. The minimum Gasteiger partial charge on any atom is -0.352 e. The lowest BCUT2D eigenvalue weighted by Gasteiger charge is -2.32. The van der Waals surface area contributed by atoms with Gasteiger partial charge in [0.15, 0.2) is 0 Å². The Morgan fingerprint density at radius 1 is 0.872 bits per heavy atom. The van der Waals surface area contributed by atoms with Crippen molar-refractivity contribution in [2.24, 2.45) is 0 Å². The molecular formula is C28H30Cl3N3O4S. The number of carbonyl (C=O) groups is 2. The number of nitrogens with zero attached hydrogens (tertiary/aromatic N) is 2. The molecule has 7 nitrogen and oxygen atoms in total. The van der Waals surface area contributed by atoms with Crippen molar-refractivity contribution in [3.63, 3.8) is 0 Å². The molecule has 3 aromatic rings. The third kappa shape index (κ3) is 7.66. The highest BCUT2D eigenvalue weighted by Gasteiger charge is 2.33. The lowest BCUT2D eigenvalue weighted by molar-refractivity contribution is -0.139. The Balaban J connectivity index is 2.04. The first kappa shape index (κ1) is 30.8. The van der Waals surface area contributed by atoms with Crippen molar-refractivity contribution in [3.05, 3.63) is 93.4 Å². The molecule has 39 heavy (non-hydrogen) atoms. The molecule has 2 atom stereocenters. The Kier molecular flexibility index (Phi) is 10.7. The van der Waals surface area contributed by atoms with Crippen LogP contribution in [0.3, 0.4) is 0 Å². The van der Waals surface area contributed by atoms with E-state index in [-0.39, 0.29) is 29.1 Å². The maximum absolute atomic E-state index is 13.9. The maximum atomic E-state index is 13.9. The third-order valence-electron chi connectivity index (χ3n) is 6.28. The second-order valence-electron chi connectivity index (χ2n) is 9.02. The van der Waals surface area contributed by atoms with E-state index in [0.29, 0.717) is 27.1 Å². The minimum atomic E-state index is -4.18. The number of hydrogen-bond donors (Lipinski definition) is 1. The van der Waals surface area contributed by atoms with Crippen LogP contribution in [0.4, 0.5) is 5.69 Å². The van der Waals surface area contributed by atoms with E-state index in [0.717, 1.165) is 4.31 Å². The van der Waals surface area contributed by atoms with Crippen LogP contribution < -0.4 is 9.62 Å². The molecule has 0 saturated heterocycles. The molecule has 1 N–H and O–H groups in total. The zero-order valence-electron chi connectivity index (χ0n) is 21.8. The fourth-order valence-electron chi connectivity index (χ4n) is 3.76. The molecule has 0 aliphatic heterocycles. The Labute approximate surface area is 244 Å². The Hall–Kier alpha value is -2.78. The predicted molar refractivity (Wildman–Crippen MR) is 157 cm³/mol. The van der Waals surface area contributed by atoms with Crippen LogP contribution in [0.2, 0.25) is 15.1 Å². The number of carbonyl (C=O) groups excluding carboxylic acids is 2. The van der Waals surface area contributed by atoms with Gasteiger partial charge < -0.3 is 10.2 Å². The van der Waals surface area contributed by atoms with Gasteiger partial charge in [0.2, 0.25) is 11.8 Å². The zero-order valence-corrected chi connectivity index (χ0v) is 24.9. The summed E-state index contributed by atoms with van der Waals surface area (Å²) in [5.41, 5.74) is 0.734. The van der Waals surface area contributed by atoms with Gasteiger partial charge in [0, 0.05) is 33.2 Å². The largest absolute Gasteiger partial charge is 0.352 e. The van der Waals surface area contributed by atoms with E-state index in [1.54, 1.807) is 55.5 Å². The average molecular weight is 611 g/mol.